The zero-order valence-corrected chi connectivity index (χ0v) is 17.4. The van der Waals surface area contributed by atoms with Gasteiger partial charge in [0.05, 0.1) is 10.7 Å². The SMILES string of the molecule is CN(C)c1ccc(-n2cccc2/C=C(/C#N)C(=O)Nc2ccc(Cl)cc2Cl)cc1. The van der Waals surface area contributed by atoms with E-state index < -0.39 is 5.91 Å². The molecule has 0 aliphatic heterocycles. The Labute approximate surface area is 179 Å². The van der Waals surface area contributed by atoms with Crippen LogP contribution in [0.1, 0.15) is 5.69 Å². The molecule has 0 unspecified atom stereocenters. The van der Waals surface area contributed by atoms with E-state index in [0.29, 0.717) is 21.4 Å². The standard InChI is InChI=1S/C22H18Cl2N4O/c1-27(2)17-6-8-18(9-7-17)28-11-3-4-19(28)12-15(14-25)22(29)26-21-10-5-16(23)13-20(21)24/h3-13H,1-2H3,(H,26,29)/b15-12-. The first-order valence-electron chi connectivity index (χ1n) is 8.72. The molecule has 0 saturated heterocycles. The van der Waals surface area contributed by atoms with Crippen LogP contribution in [-0.2, 0) is 4.79 Å². The predicted molar refractivity (Wildman–Crippen MR) is 119 cm³/mol. The smallest absolute Gasteiger partial charge is 0.266 e. The van der Waals surface area contributed by atoms with Gasteiger partial charge in [-0.1, -0.05) is 23.2 Å². The number of anilines is 2. The van der Waals surface area contributed by atoms with Crippen molar-refractivity contribution < 1.29 is 4.79 Å². The first-order chi connectivity index (χ1) is 13.9. The molecular weight excluding hydrogens is 407 g/mol. The molecule has 1 N–H and O–H groups in total. The lowest BCUT2D eigenvalue weighted by atomic mass is 10.2. The van der Waals surface area contributed by atoms with Gasteiger partial charge in [-0.3, -0.25) is 4.79 Å². The van der Waals surface area contributed by atoms with Crippen LogP contribution < -0.4 is 10.2 Å². The highest BCUT2D eigenvalue weighted by atomic mass is 35.5. The molecule has 29 heavy (non-hydrogen) atoms. The molecule has 146 valence electrons. The molecule has 2 aromatic carbocycles. The van der Waals surface area contributed by atoms with Crippen molar-refractivity contribution >= 4 is 46.6 Å². The Morgan fingerprint density at radius 1 is 1.14 bits per heavy atom. The lowest BCUT2D eigenvalue weighted by Gasteiger charge is -2.14. The molecule has 0 aliphatic carbocycles. The van der Waals surface area contributed by atoms with Crippen LogP contribution in [-0.4, -0.2) is 24.6 Å². The molecule has 7 heteroatoms. The average Bonchev–Trinajstić information content (AvgIpc) is 3.16. The molecule has 0 radical (unpaired) electrons. The van der Waals surface area contributed by atoms with Gasteiger partial charge in [-0.2, -0.15) is 5.26 Å². The molecule has 3 rings (SSSR count). The van der Waals surface area contributed by atoms with Gasteiger partial charge >= 0.3 is 0 Å². The Balaban J connectivity index is 1.87. The van der Waals surface area contributed by atoms with E-state index in [9.17, 15) is 10.1 Å². The van der Waals surface area contributed by atoms with Crippen LogP contribution in [0, 0.1) is 11.3 Å². The summed E-state index contributed by atoms with van der Waals surface area (Å²) in [5.41, 5.74) is 3.05. The molecule has 0 aliphatic rings. The minimum absolute atomic E-state index is 0.0409. The Hall–Kier alpha value is -3.20. The zero-order chi connectivity index (χ0) is 21.0. The number of aromatic nitrogens is 1. The number of halogens is 2. The molecule has 0 atom stereocenters. The fourth-order valence-electron chi connectivity index (χ4n) is 2.74. The van der Waals surface area contributed by atoms with Gasteiger partial charge in [-0.25, -0.2) is 0 Å². The average molecular weight is 425 g/mol. The number of amides is 1. The topological polar surface area (TPSA) is 61.1 Å². The van der Waals surface area contributed by atoms with E-state index in [2.05, 4.69) is 5.32 Å². The molecule has 5 nitrogen and oxygen atoms in total. The quantitative estimate of drug-likeness (QED) is 0.440. The number of hydrogen-bond donors (Lipinski definition) is 1. The van der Waals surface area contributed by atoms with Gasteiger partial charge in [0.15, 0.2) is 0 Å². The normalized spacial score (nSPS) is 11.1. The molecule has 1 aromatic heterocycles. The number of nitriles is 1. The van der Waals surface area contributed by atoms with Crippen molar-refractivity contribution in [3.63, 3.8) is 0 Å². The predicted octanol–water partition coefficient (Wildman–Crippen LogP) is 5.40. The van der Waals surface area contributed by atoms with Crippen LogP contribution in [0.4, 0.5) is 11.4 Å². The van der Waals surface area contributed by atoms with Crippen LogP contribution in [0.25, 0.3) is 11.8 Å². The lowest BCUT2D eigenvalue weighted by molar-refractivity contribution is -0.112. The van der Waals surface area contributed by atoms with Crippen LogP contribution >= 0.6 is 23.2 Å². The third kappa shape index (κ3) is 4.80. The van der Waals surface area contributed by atoms with Gasteiger partial charge < -0.3 is 14.8 Å². The first kappa shape index (κ1) is 20.5. The lowest BCUT2D eigenvalue weighted by Crippen LogP contribution is -2.14. The van der Waals surface area contributed by atoms with Gasteiger partial charge in [0, 0.05) is 42.4 Å². The minimum atomic E-state index is -0.549. The zero-order valence-electron chi connectivity index (χ0n) is 15.9. The van der Waals surface area contributed by atoms with Crippen molar-refractivity contribution in [3.05, 3.63) is 82.1 Å². The summed E-state index contributed by atoms with van der Waals surface area (Å²) in [6, 6.07) is 18.3. The van der Waals surface area contributed by atoms with E-state index in [1.165, 1.54) is 6.07 Å². The van der Waals surface area contributed by atoms with Crippen LogP contribution in [0.5, 0.6) is 0 Å². The summed E-state index contributed by atoms with van der Waals surface area (Å²) in [4.78, 5) is 14.6. The van der Waals surface area contributed by atoms with Crippen molar-refractivity contribution in [3.8, 4) is 11.8 Å². The summed E-state index contributed by atoms with van der Waals surface area (Å²) in [5, 5.41) is 12.9. The Bertz CT molecular complexity index is 1110. The molecular formula is C22H18Cl2N4O. The van der Waals surface area contributed by atoms with Crippen molar-refractivity contribution in [1.29, 1.82) is 5.26 Å². The summed E-state index contributed by atoms with van der Waals surface area (Å²) < 4.78 is 1.90. The number of carbonyl (C=O) groups is 1. The molecule has 0 spiro atoms. The summed E-state index contributed by atoms with van der Waals surface area (Å²) in [6.07, 6.45) is 3.42. The van der Waals surface area contributed by atoms with E-state index >= 15 is 0 Å². The van der Waals surface area contributed by atoms with Crippen LogP contribution in [0.3, 0.4) is 0 Å². The maximum absolute atomic E-state index is 12.6. The van der Waals surface area contributed by atoms with E-state index in [-0.39, 0.29) is 5.57 Å². The van der Waals surface area contributed by atoms with Crippen molar-refractivity contribution in [2.45, 2.75) is 0 Å². The number of carbonyl (C=O) groups excluding carboxylic acids is 1. The monoisotopic (exact) mass is 424 g/mol. The largest absolute Gasteiger partial charge is 0.378 e. The van der Waals surface area contributed by atoms with E-state index in [4.69, 9.17) is 23.2 Å². The number of rotatable bonds is 5. The molecule has 1 heterocycles. The van der Waals surface area contributed by atoms with Gasteiger partial charge in [-0.15, -0.1) is 0 Å². The maximum Gasteiger partial charge on any atom is 0.266 e. The first-order valence-corrected chi connectivity index (χ1v) is 9.48. The molecule has 0 fully saturated rings. The van der Waals surface area contributed by atoms with Gasteiger partial charge in [0.1, 0.15) is 11.6 Å². The van der Waals surface area contributed by atoms with E-state index in [1.807, 2.05) is 72.2 Å². The highest BCUT2D eigenvalue weighted by Crippen LogP contribution is 2.26. The van der Waals surface area contributed by atoms with Gasteiger partial charge in [0.2, 0.25) is 0 Å². The summed E-state index contributed by atoms with van der Waals surface area (Å²) >= 11 is 12.0. The second-order valence-electron chi connectivity index (χ2n) is 6.46. The highest BCUT2D eigenvalue weighted by molar-refractivity contribution is 6.36. The second-order valence-corrected chi connectivity index (χ2v) is 7.31. The Morgan fingerprint density at radius 3 is 2.48 bits per heavy atom. The fraction of sp³-hybridized carbons (Fsp3) is 0.0909. The summed E-state index contributed by atoms with van der Waals surface area (Å²) in [5.74, 6) is -0.549. The number of benzene rings is 2. The van der Waals surface area contributed by atoms with Gasteiger partial charge in [0.25, 0.3) is 5.91 Å². The van der Waals surface area contributed by atoms with Gasteiger partial charge in [-0.05, 0) is 60.7 Å². The number of nitrogens with zero attached hydrogens (tertiary/aromatic N) is 3. The highest BCUT2D eigenvalue weighted by Gasteiger charge is 2.13. The van der Waals surface area contributed by atoms with Crippen LogP contribution in [0.2, 0.25) is 10.0 Å². The van der Waals surface area contributed by atoms with Crippen molar-refractivity contribution in [2.24, 2.45) is 0 Å². The molecule has 3 aromatic rings. The Kier molecular flexibility index (Phi) is 6.28. The summed E-state index contributed by atoms with van der Waals surface area (Å²) in [7, 11) is 3.95. The van der Waals surface area contributed by atoms with Crippen LogP contribution in [0.15, 0.2) is 66.4 Å². The molecule has 0 bridgehead atoms. The Morgan fingerprint density at radius 2 is 1.86 bits per heavy atom. The second kappa shape index (κ2) is 8.87. The van der Waals surface area contributed by atoms with E-state index in [1.54, 1.807) is 18.2 Å². The van der Waals surface area contributed by atoms with E-state index in [0.717, 1.165) is 11.4 Å². The molecule has 1 amide bonds. The molecule has 0 saturated carbocycles. The number of hydrogen-bond acceptors (Lipinski definition) is 3. The third-order valence-corrected chi connectivity index (χ3v) is 4.81. The minimum Gasteiger partial charge on any atom is -0.378 e. The van der Waals surface area contributed by atoms with Crippen molar-refractivity contribution in [2.75, 3.05) is 24.3 Å². The van der Waals surface area contributed by atoms with Crippen molar-refractivity contribution in [1.82, 2.24) is 4.57 Å². The summed E-state index contributed by atoms with van der Waals surface area (Å²) in [6.45, 7) is 0. The fourth-order valence-corrected chi connectivity index (χ4v) is 3.19. The number of nitrogens with one attached hydrogen (secondary N) is 1. The third-order valence-electron chi connectivity index (χ3n) is 4.26. The maximum atomic E-state index is 12.6.